The summed E-state index contributed by atoms with van der Waals surface area (Å²) in [6, 6.07) is 5.74. The number of pyridine rings is 1. The first-order chi connectivity index (χ1) is 7.16. The van der Waals surface area contributed by atoms with E-state index in [1.165, 1.54) is 6.07 Å². The van der Waals surface area contributed by atoms with Gasteiger partial charge in [-0.1, -0.05) is 0 Å². The van der Waals surface area contributed by atoms with Gasteiger partial charge in [0.2, 0.25) is 5.95 Å². The summed E-state index contributed by atoms with van der Waals surface area (Å²) in [5.74, 6) is -0.638. The number of nitrogen functional groups attached to an aromatic ring is 1. The van der Waals surface area contributed by atoms with E-state index in [0.717, 1.165) is 5.56 Å². The summed E-state index contributed by atoms with van der Waals surface area (Å²) >= 11 is 0. The number of anilines is 1. The predicted molar refractivity (Wildman–Crippen MR) is 53.2 cm³/mol. The van der Waals surface area contributed by atoms with E-state index in [2.05, 4.69) is 21.2 Å². The molecule has 2 rings (SSSR count). The number of rotatable bonds is 1. The van der Waals surface area contributed by atoms with Gasteiger partial charge in [0.05, 0.1) is 5.69 Å². The topological polar surface area (TPSA) is 64.7 Å². The monoisotopic (exact) mass is 203 g/mol. The van der Waals surface area contributed by atoms with E-state index >= 15 is 0 Å². The number of hydrogen-bond acceptors (Lipinski definition) is 4. The normalized spacial score (nSPS) is 10.3. The number of aryl methyl sites for hydroxylation is 1. The molecule has 0 amide bonds. The third-order valence-corrected chi connectivity index (χ3v) is 1.93. The Morgan fingerprint density at radius 3 is 2.93 bits per heavy atom. The summed E-state index contributed by atoms with van der Waals surface area (Å²) in [5, 5.41) is 7.63. The van der Waals surface area contributed by atoms with Gasteiger partial charge in [0, 0.05) is 23.9 Å². The maximum Gasteiger partial charge on any atom is 0.215 e. The molecule has 0 spiro atoms. The lowest BCUT2D eigenvalue weighted by Gasteiger charge is -2.03. The standard InChI is InChI=1S/C10H8FN4/c1-6-2-3-13-15-10(6)7-4-8(11)14-9(12)5-7/h2-4H,1H3,(H2,12,14). The van der Waals surface area contributed by atoms with Crippen LogP contribution in [0.5, 0.6) is 0 Å². The summed E-state index contributed by atoms with van der Waals surface area (Å²) in [6.07, 6.45) is 1.57. The molecular weight excluding hydrogens is 195 g/mol. The second-order valence-corrected chi connectivity index (χ2v) is 3.07. The first-order valence-corrected chi connectivity index (χ1v) is 4.31. The zero-order chi connectivity index (χ0) is 10.8. The van der Waals surface area contributed by atoms with Gasteiger partial charge >= 0.3 is 0 Å². The van der Waals surface area contributed by atoms with Crippen LogP contribution in [-0.4, -0.2) is 15.2 Å². The van der Waals surface area contributed by atoms with Crippen LogP contribution in [-0.2, 0) is 0 Å². The average Bonchev–Trinajstić information content (AvgIpc) is 2.16. The van der Waals surface area contributed by atoms with Gasteiger partial charge in [0.15, 0.2) is 0 Å². The molecule has 2 heterocycles. The lowest BCUT2D eigenvalue weighted by Crippen LogP contribution is -1.97. The Balaban J connectivity index is 2.59. The molecule has 0 saturated heterocycles. The van der Waals surface area contributed by atoms with E-state index in [0.29, 0.717) is 11.3 Å². The van der Waals surface area contributed by atoms with Crippen LogP contribution in [0, 0.1) is 18.9 Å². The van der Waals surface area contributed by atoms with Gasteiger partial charge in [-0.25, -0.2) is 4.98 Å². The van der Waals surface area contributed by atoms with Gasteiger partial charge in [0.25, 0.3) is 0 Å². The number of hydrogen-bond donors (Lipinski definition) is 1. The Bertz CT molecular complexity index is 478. The Morgan fingerprint density at radius 2 is 2.27 bits per heavy atom. The molecule has 0 aliphatic carbocycles. The molecule has 2 aromatic rings. The molecule has 0 aromatic carbocycles. The largest absolute Gasteiger partial charge is 0.383 e. The van der Waals surface area contributed by atoms with Crippen molar-refractivity contribution in [3.8, 4) is 11.3 Å². The molecule has 2 aromatic heterocycles. The van der Waals surface area contributed by atoms with Crippen molar-refractivity contribution in [3.63, 3.8) is 0 Å². The van der Waals surface area contributed by atoms with Crippen molar-refractivity contribution in [2.75, 3.05) is 5.73 Å². The summed E-state index contributed by atoms with van der Waals surface area (Å²) in [4.78, 5) is 3.40. The zero-order valence-corrected chi connectivity index (χ0v) is 8.03. The fourth-order valence-corrected chi connectivity index (χ4v) is 1.26. The first-order valence-electron chi connectivity index (χ1n) is 4.31. The molecule has 0 saturated carbocycles. The summed E-state index contributed by atoms with van der Waals surface area (Å²) in [6.45, 7) is 1.85. The lowest BCUT2D eigenvalue weighted by atomic mass is 10.1. The van der Waals surface area contributed by atoms with Crippen molar-refractivity contribution >= 4 is 5.82 Å². The second-order valence-electron chi connectivity index (χ2n) is 3.07. The van der Waals surface area contributed by atoms with Crippen LogP contribution in [0.3, 0.4) is 0 Å². The molecular formula is C10H8FN4. The molecule has 15 heavy (non-hydrogen) atoms. The molecule has 75 valence electrons. The highest BCUT2D eigenvalue weighted by molar-refractivity contribution is 5.63. The maximum atomic E-state index is 13.0. The molecule has 0 unspecified atom stereocenters. The van der Waals surface area contributed by atoms with Crippen LogP contribution in [0.2, 0.25) is 0 Å². The van der Waals surface area contributed by atoms with Gasteiger partial charge < -0.3 is 5.73 Å². The number of aromatic nitrogens is 3. The van der Waals surface area contributed by atoms with Crippen molar-refractivity contribution in [2.24, 2.45) is 0 Å². The Morgan fingerprint density at radius 1 is 1.47 bits per heavy atom. The van der Waals surface area contributed by atoms with Crippen LogP contribution in [0.4, 0.5) is 10.2 Å². The lowest BCUT2D eigenvalue weighted by molar-refractivity contribution is 0.586. The van der Waals surface area contributed by atoms with Crippen LogP contribution in [0.1, 0.15) is 5.56 Å². The molecule has 0 atom stereocenters. The van der Waals surface area contributed by atoms with E-state index in [9.17, 15) is 4.39 Å². The van der Waals surface area contributed by atoms with Crippen molar-refractivity contribution in [1.29, 1.82) is 0 Å². The fraction of sp³-hybridized carbons (Fsp3) is 0.100. The van der Waals surface area contributed by atoms with E-state index in [-0.39, 0.29) is 5.82 Å². The predicted octanol–water partition coefficient (Wildman–Crippen LogP) is 1.37. The van der Waals surface area contributed by atoms with Crippen LogP contribution in [0.25, 0.3) is 11.3 Å². The Hall–Kier alpha value is -2.04. The zero-order valence-electron chi connectivity index (χ0n) is 8.03. The van der Waals surface area contributed by atoms with E-state index in [1.807, 2.05) is 6.92 Å². The Labute approximate surface area is 86.0 Å². The smallest absolute Gasteiger partial charge is 0.215 e. The molecule has 2 N–H and O–H groups in total. The highest BCUT2D eigenvalue weighted by atomic mass is 19.1. The van der Waals surface area contributed by atoms with Gasteiger partial charge in [0.1, 0.15) is 5.82 Å². The molecule has 5 heteroatoms. The SMILES string of the molecule is Cc1ccnnc1-c1[c]c(N)nc(F)c1. The molecule has 0 bridgehead atoms. The second kappa shape index (κ2) is 3.61. The summed E-state index contributed by atoms with van der Waals surface area (Å²) in [7, 11) is 0. The minimum atomic E-state index is -0.647. The van der Waals surface area contributed by atoms with Crippen LogP contribution in [0.15, 0.2) is 18.3 Å². The fourth-order valence-electron chi connectivity index (χ4n) is 1.26. The van der Waals surface area contributed by atoms with Gasteiger partial charge in [-0.05, 0) is 18.6 Å². The first kappa shape index (κ1) is 9.51. The maximum absolute atomic E-state index is 13.0. The van der Waals surface area contributed by atoms with Gasteiger partial charge in [-0.15, -0.1) is 0 Å². The van der Waals surface area contributed by atoms with E-state index < -0.39 is 5.95 Å². The van der Waals surface area contributed by atoms with Crippen molar-refractivity contribution in [1.82, 2.24) is 15.2 Å². The Kier molecular flexibility index (Phi) is 2.29. The van der Waals surface area contributed by atoms with Crippen LogP contribution >= 0.6 is 0 Å². The number of nitrogens with two attached hydrogens (primary N) is 1. The van der Waals surface area contributed by atoms with Gasteiger partial charge in [-0.2, -0.15) is 14.6 Å². The molecule has 1 radical (unpaired) electrons. The van der Waals surface area contributed by atoms with Crippen molar-refractivity contribution in [2.45, 2.75) is 6.92 Å². The third kappa shape index (κ3) is 1.90. The number of nitrogens with zero attached hydrogens (tertiary/aromatic N) is 3. The summed E-state index contributed by atoms with van der Waals surface area (Å²) in [5.41, 5.74) is 7.30. The quantitative estimate of drug-likeness (QED) is 0.711. The highest BCUT2D eigenvalue weighted by Crippen LogP contribution is 2.20. The third-order valence-electron chi connectivity index (χ3n) is 1.93. The van der Waals surface area contributed by atoms with Crippen LogP contribution < -0.4 is 5.73 Å². The molecule has 4 nitrogen and oxygen atoms in total. The minimum absolute atomic E-state index is 0.00931. The highest BCUT2D eigenvalue weighted by Gasteiger charge is 2.07. The minimum Gasteiger partial charge on any atom is -0.383 e. The molecule has 0 fully saturated rings. The van der Waals surface area contributed by atoms with Gasteiger partial charge in [-0.3, -0.25) is 0 Å². The van der Waals surface area contributed by atoms with E-state index in [1.54, 1.807) is 12.3 Å². The molecule has 0 aliphatic rings. The molecule has 0 aliphatic heterocycles. The summed E-state index contributed by atoms with van der Waals surface area (Å²) < 4.78 is 13.0. The average molecular weight is 203 g/mol. The number of halogens is 1. The van der Waals surface area contributed by atoms with E-state index in [4.69, 9.17) is 5.73 Å². The van der Waals surface area contributed by atoms with Crippen molar-refractivity contribution < 1.29 is 4.39 Å². The van der Waals surface area contributed by atoms with Crippen molar-refractivity contribution in [3.05, 3.63) is 35.9 Å².